The van der Waals surface area contributed by atoms with Crippen LogP contribution in [0.15, 0.2) is 30.4 Å². The molecule has 6 heteroatoms. The summed E-state index contributed by atoms with van der Waals surface area (Å²) < 4.78 is 4.92. The highest BCUT2D eigenvalue weighted by Gasteiger charge is 2.47. The van der Waals surface area contributed by atoms with Crippen molar-refractivity contribution < 1.29 is 19.1 Å². The van der Waals surface area contributed by atoms with Crippen LogP contribution in [0, 0.1) is 11.8 Å². The molecule has 0 saturated carbocycles. The summed E-state index contributed by atoms with van der Waals surface area (Å²) in [6, 6.07) is 4.93. The Labute approximate surface area is 134 Å². The number of amides is 2. The highest BCUT2D eigenvalue weighted by atomic mass is 16.5. The zero-order valence-electron chi connectivity index (χ0n) is 12.9. The molecular weight excluding hydrogens is 296 g/mol. The Balaban J connectivity index is 1.77. The van der Waals surface area contributed by atoms with E-state index in [-0.39, 0.29) is 42.5 Å². The Morgan fingerprint density at radius 2 is 1.87 bits per heavy atom. The van der Waals surface area contributed by atoms with Gasteiger partial charge in [-0.2, -0.15) is 0 Å². The first-order chi connectivity index (χ1) is 11.1. The number of nitrogens with zero attached hydrogens (tertiary/aromatic N) is 2. The highest BCUT2D eigenvalue weighted by Crippen LogP contribution is 2.35. The molecule has 1 aromatic heterocycles. The van der Waals surface area contributed by atoms with E-state index in [0.717, 1.165) is 0 Å². The van der Waals surface area contributed by atoms with Crippen molar-refractivity contribution in [3.63, 3.8) is 0 Å². The molecule has 6 nitrogen and oxygen atoms in total. The van der Waals surface area contributed by atoms with Gasteiger partial charge in [0.2, 0.25) is 11.8 Å². The summed E-state index contributed by atoms with van der Waals surface area (Å²) in [5.74, 6) is -1.30. The largest absolute Gasteiger partial charge is 0.461 e. The average molecular weight is 314 g/mol. The molecule has 23 heavy (non-hydrogen) atoms. The fraction of sp³-hybridized carbons (Fsp3) is 0.412. The predicted octanol–water partition coefficient (Wildman–Crippen LogP) is 1.71. The number of rotatable bonds is 4. The van der Waals surface area contributed by atoms with Crippen LogP contribution in [-0.2, 0) is 20.9 Å². The third-order valence-electron chi connectivity index (χ3n) is 4.21. The maximum atomic E-state index is 12.4. The first-order valence-corrected chi connectivity index (χ1v) is 7.75. The number of allylic oxidation sites excluding steroid dienone is 2. The summed E-state index contributed by atoms with van der Waals surface area (Å²) >= 11 is 0. The maximum Gasteiger partial charge on any atom is 0.356 e. The molecule has 2 atom stereocenters. The molecule has 2 unspecified atom stereocenters. The molecule has 1 aliphatic carbocycles. The zero-order valence-corrected chi connectivity index (χ0v) is 12.9. The SMILES string of the molecule is CCOC(=O)c1cccc(CN2C(=O)C3CC=CCC3C2=O)n1. The van der Waals surface area contributed by atoms with E-state index in [0.29, 0.717) is 18.5 Å². The van der Waals surface area contributed by atoms with Gasteiger partial charge < -0.3 is 4.74 Å². The van der Waals surface area contributed by atoms with Gasteiger partial charge in [0, 0.05) is 0 Å². The molecule has 2 amide bonds. The van der Waals surface area contributed by atoms with Crippen molar-refractivity contribution in [2.75, 3.05) is 6.61 Å². The highest BCUT2D eigenvalue weighted by molar-refractivity contribution is 6.05. The number of imide groups is 1. The number of hydrogen-bond acceptors (Lipinski definition) is 5. The number of carbonyl (C=O) groups is 3. The van der Waals surface area contributed by atoms with E-state index in [9.17, 15) is 14.4 Å². The maximum absolute atomic E-state index is 12.4. The van der Waals surface area contributed by atoms with E-state index in [1.54, 1.807) is 25.1 Å². The van der Waals surface area contributed by atoms with Crippen LogP contribution in [0.5, 0.6) is 0 Å². The summed E-state index contributed by atoms with van der Waals surface area (Å²) in [7, 11) is 0. The van der Waals surface area contributed by atoms with Crippen LogP contribution in [-0.4, -0.2) is 34.3 Å². The van der Waals surface area contributed by atoms with Gasteiger partial charge in [0.25, 0.3) is 0 Å². The molecule has 0 N–H and O–H groups in total. The molecule has 120 valence electrons. The molecule has 0 aromatic carbocycles. The molecule has 1 aromatic rings. The first kappa shape index (κ1) is 15.4. The van der Waals surface area contributed by atoms with E-state index in [4.69, 9.17) is 4.74 Å². The minimum atomic E-state index is -0.508. The second kappa shape index (κ2) is 6.32. The molecule has 1 saturated heterocycles. The molecule has 1 aliphatic heterocycles. The Kier molecular flexibility index (Phi) is 4.23. The van der Waals surface area contributed by atoms with Crippen molar-refractivity contribution in [3.05, 3.63) is 41.7 Å². The number of hydrogen-bond donors (Lipinski definition) is 0. The minimum absolute atomic E-state index is 0.0952. The Bertz CT molecular complexity index is 657. The lowest BCUT2D eigenvalue weighted by atomic mass is 9.85. The summed E-state index contributed by atoms with van der Waals surface area (Å²) in [6.45, 7) is 2.08. The van der Waals surface area contributed by atoms with Gasteiger partial charge in [0.15, 0.2) is 0 Å². The summed E-state index contributed by atoms with van der Waals surface area (Å²) in [4.78, 5) is 42.1. The van der Waals surface area contributed by atoms with Crippen molar-refractivity contribution in [1.29, 1.82) is 0 Å². The van der Waals surface area contributed by atoms with Crippen LogP contribution in [0.2, 0.25) is 0 Å². The molecular formula is C17H18N2O4. The fourth-order valence-electron chi connectivity index (χ4n) is 3.07. The van der Waals surface area contributed by atoms with Crippen molar-refractivity contribution in [2.45, 2.75) is 26.3 Å². The van der Waals surface area contributed by atoms with Crippen molar-refractivity contribution in [3.8, 4) is 0 Å². The number of likely N-dealkylation sites (tertiary alicyclic amines) is 1. The van der Waals surface area contributed by atoms with E-state index < -0.39 is 5.97 Å². The number of pyridine rings is 1. The normalized spacial score (nSPS) is 23.1. The molecule has 3 rings (SSSR count). The second-order valence-corrected chi connectivity index (χ2v) is 5.65. The number of esters is 1. The number of aromatic nitrogens is 1. The Hall–Kier alpha value is -2.50. The van der Waals surface area contributed by atoms with E-state index in [2.05, 4.69) is 4.98 Å². The van der Waals surface area contributed by atoms with Gasteiger partial charge >= 0.3 is 5.97 Å². The van der Waals surface area contributed by atoms with Gasteiger partial charge in [0.1, 0.15) is 5.69 Å². The third kappa shape index (κ3) is 2.88. The summed E-state index contributed by atoms with van der Waals surface area (Å²) in [6.07, 6.45) is 5.13. The first-order valence-electron chi connectivity index (χ1n) is 7.75. The van der Waals surface area contributed by atoms with Crippen molar-refractivity contribution in [1.82, 2.24) is 9.88 Å². The van der Waals surface area contributed by atoms with Crippen molar-refractivity contribution >= 4 is 17.8 Å². The van der Waals surface area contributed by atoms with Crippen LogP contribution < -0.4 is 0 Å². The van der Waals surface area contributed by atoms with E-state index in [1.807, 2.05) is 12.2 Å². The van der Waals surface area contributed by atoms with Gasteiger partial charge in [-0.05, 0) is 31.9 Å². The molecule has 2 heterocycles. The Morgan fingerprint density at radius 1 is 1.22 bits per heavy atom. The lowest BCUT2D eigenvalue weighted by Gasteiger charge is -2.14. The molecule has 0 radical (unpaired) electrons. The van der Waals surface area contributed by atoms with Gasteiger partial charge in [-0.25, -0.2) is 9.78 Å². The standard InChI is InChI=1S/C17H18N2O4/c1-2-23-17(22)14-9-5-6-11(18-14)10-19-15(20)12-7-3-4-8-13(12)16(19)21/h3-6,9,12-13H,2,7-8,10H2,1H3. The number of ether oxygens (including phenoxy) is 1. The monoisotopic (exact) mass is 314 g/mol. The number of carbonyl (C=O) groups excluding carboxylic acids is 3. The van der Waals surface area contributed by atoms with Crippen LogP contribution in [0.25, 0.3) is 0 Å². The van der Waals surface area contributed by atoms with Gasteiger partial charge in [-0.3, -0.25) is 14.5 Å². The minimum Gasteiger partial charge on any atom is -0.461 e. The Morgan fingerprint density at radius 3 is 2.48 bits per heavy atom. The summed E-state index contributed by atoms with van der Waals surface area (Å²) in [5, 5.41) is 0. The molecule has 2 aliphatic rings. The topological polar surface area (TPSA) is 76.6 Å². The van der Waals surface area contributed by atoms with Gasteiger partial charge in [-0.1, -0.05) is 18.2 Å². The quantitative estimate of drug-likeness (QED) is 0.480. The van der Waals surface area contributed by atoms with Gasteiger partial charge in [-0.15, -0.1) is 0 Å². The van der Waals surface area contributed by atoms with Crippen LogP contribution in [0.3, 0.4) is 0 Å². The molecule has 0 bridgehead atoms. The molecule has 0 spiro atoms. The van der Waals surface area contributed by atoms with Gasteiger partial charge in [0.05, 0.1) is 30.7 Å². The zero-order chi connectivity index (χ0) is 16.4. The lowest BCUT2D eigenvalue weighted by Crippen LogP contribution is -2.31. The predicted molar refractivity (Wildman–Crippen MR) is 81.1 cm³/mol. The van der Waals surface area contributed by atoms with Crippen LogP contribution in [0.1, 0.15) is 35.9 Å². The van der Waals surface area contributed by atoms with Crippen molar-refractivity contribution in [2.24, 2.45) is 11.8 Å². The summed E-state index contributed by atoms with van der Waals surface area (Å²) in [5.41, 5.74) is 0.686. The van der Waals surface area contributed by atoms with Crippen LogP contribution in [0.4, 0.5) is 0 Å². The van der Waals surface area contributed by atoms with E-state index >= 15 is 0 Å². The third-order valence-corrected chi connectivity index (χ3v) is 4.21. The second-order valence-electron chi connectivity index (χ2n) is 5.65. The lowest BCUT2D eigenvalue weighted by molar-refractivity contribution is -0.140. The smallest absolute Gasteiger partial charge is 0.356 e. The van der Waals surface area contributed by atoms with E-state index in [1.165, 1.54) is 4.90 Å². The average Bonchev–Trinajstić information content (AvgIpc) is 2.81. The molecule has 1 fully saturated rings. The van der Waals surface area contributed by atoms with Crippen LogP contribution >= 0.6 is 0 Å². The number of fused-ring (bicyclic) bond motifs is 1. The fourth-order valence-corrected chi connectivity index (χ4v) is 3.07.